The van der Waals surface area contributed by atoms with Crippen LogP contribution in [0.1, 0.15) is 47.5 Å². The summed E-state index contributed by atoms with van der Waals surface area (Å²) in [4.78, 5) is 2.69. The molecule has 2 nitrogen and oxygen atoms in total. The first kappa shape index (κ1) is 12.0. The van der Waals surface area contributed by atoms with Crippen LogP contribution in [0.2, 0.25) is 0 Å². The normalized spacial score (nSPS) is 30.6. The molecule has 1 rings (SSSR count). The Labute approximate surface area is 89.1 Å². The van der Waals surface area contributed by atoms with E-state index in [1.54, 1.807) is 0 Å². The Morgan fingerprint density at radius 1 is 1.36 bits per heavy atom. The minimum Gasteiger partial charge on any atom is -0.311 e. The van der Waals surface area contributed by atoms with Crippen molar-refractivity contribution in [1.82, 2.24) is 10.2 Å². The van der Waals surface area contributed by atoms with Gasteiger partial charge in [0.1, 0.15) is 0 Å². The van der Waals surface area contributed by atoms with Crippen LogP contribution in [0.3, 0.4) is 0 Å². The number of piperazine rings is 1. The van der Waals surface area contributed by atoms with Crippen molar-refractivity contribution < 1.29 is 0 Å². The third kappa shape index (κ3) is 2.48. The molecule has 0 bridgehead atoms. The zero-order valence-electron chi connectivity index (χ0n) is 10.4. The topological polar surface area (TPSA) is 15.3 Å². The molecule has 1 saturated heterocycles. The van der Waals surface area contributed by atoms with E-state index in [9.17, 15) is 0 Å². The average molecular weight is 198 g/mol. The summed E-state index contributed by atoms with van der Waals surface area (Å²) in [5, 5.41) is 3.57. The van der Waals surface area contributed by atoms with Gasteiger partial charge in [-0.05, 0) is 33.6 Å². The van der Waals surface area contributed by atoms with Gasteiger partial charge >= 0.3 is 0 Å². The summed E-state index contributed by atoms with van der Waals surface area (Å²) in [5.41, 5.74) is 0.358. The highest BCUT2D eigenvalue weighted by molar-refractivity contribution is 4.91. The van der Waals surface area contributed by atoms with Gasteiger partial charge in [-0.15, -0.1) is 0 Å². The molecule has 2 heteroatoms. The first-order valence-electron chi connectivity index (χ1n) is 6.01. The number of rotatable bonds is 3. The molecule has 0 aromatic rings. The molecule has 0 aliphatic carbocycles. The fourth-order valence-corrected chi connectivity index (χ4v) is 2.27. The van der Waals surface area contributed by atoms with Gasteiger partial charge in [0, 0.05) is 30.7 Å². The molecule has 14 heavy (non-hydrogen) atoms. The van der Waals surface area contributed by atoms with Gasteiger partial charge in [-0.25, -0.2) is 0 Å². The largest absolute Gasteiger partial charge is 0.311 e. The predicted octanol–water partition coefficient (Wildman–Crippen LogP) is 2.25. The van der Waals surface area contributed by atoms with Crippen molar-refractivity contribution in [1.29, 1.82) is 0 Å². The zero-order chi connectivity index (χ0) is 10.8. The molecule has 0 saturated carbocycles. The average Bonchev–Trinajstić information content (AvgIpc) is 2.18. The minimum absolute atomic E-state index is 0.358. The predicted molar refractivity (Wildman–Crippen MR) is 62.6 cm³/mol. The molecule has 84 valence electrons. The van der Waals surface area contributed by atoms with Gasteiger partial charge in [0.05, 0.1) is 0 Å². The molecule has 0 spiro atoms. The summed E-state index contributed by atoms with van der Waals surface area (Å²) in [5.74, 6) is 0. The van der Waals surface area contributed by atoms with Crippen LogP contribution in [0, 0.1) is 0 Å². The summed E-state index contributed by atoms with van der Waals surface area (Å²) < 4.78 is 0. The number of nitrogens with zero attached hydrogens (tertiary/aromatic N) is 1. The first-order valence-corrected chi connectivity index (χ1v) is 6.01. The van der Waals surface area contributed by atoms with Gasteiger partial charge in [0.25, 0.3) is 0 Å². The maximum Gasteiger partial charge on any atom is 0.0224 e. The highest BCUT2D eigenvalue weighted by Crippen LogP contribution is 2.24. The number of hydrogen-bond acceptors (Lipinski definition) is 2. The second-order valence-corrected chi connectivity index (χ2v) is 5.19. The summed E-state index contributed by atoms with van der Waals surface area (Å²) >= 11 is 0. The lowest BCUT2D eigenvalue weighted by Crippen LogP contribution is -2.61. The van der Waals surface area contributed by atoms with E-state index in [4.69, 9.17) is 0 Å². The fourth-order valence-electron chi connectivity index (χ4n) is 2.27. The number of nitrogens with one attached hydrogen (secondary N) is 1. The van der Waals surface area contributed by atoms with Crippen molar-refractivity contribution in [3.8, 4) is 0 Å². The van der Waals surface area contributed by atoms with Crippen LogP contribution < -0.4 is 5.32 Å². The Balaban J connectivity index is 2.70. The standard InChI is InChI=1S/C12H26N2/c1-6-11-8-13-10(3)9-14(11)12(4,5)7-2/h10-11,13H,6-9H2,1-5H3. The van der Waals surface area contributed by atoms with Crippen LogP contribution >= 0.6 is 0 Å². The maximum atomic E-state index is 3.57. The third-order valence-electron chi connectivity index (χ3n) is 3.73. The highest BCUT2D eigenvalue weighted by atomic mass is 15.3. The fraction of sp³-hybridized carbons (Fsp3) is 1.00. The molecule has 2 atom stereocenters. The molecular formula is C12H26N2. The van der Waals surface area contributed by atoms with E-state index in [2.05, 4.69) is 44.8 Å². The summed E-state index contributed by atoms with van der Waals surface area (Å²) in [6, 6.07) is 1.37. The Hall–Kier alpha value is -0.0800. The molecule has 1 fully saturated rings. The van der Waals surface area contributed by atoms with E-state index in [1.807, 2.05) is 0 Å². The van der Waals surface area contributed by atoms with Crippen molar-refractivity contribution >= 4 is 0 Å². The van der Waals surface area contributed by atoms with Crippen LogP contribution in [0.15, 0.2) is 0 Å². The van der Waals surface area contributed by atoms with Gasteiger partial charge in [0.2, 0.25) is 0 Å². The van der Waals surface area contributed by atoms with Gasteiger partial charge < -0.3 is 5.32 Å². The molecule has 0 radical (unpaired) electrons. The molecule has 0 aromatic carbocycles. The molecule has 2 unspecified atom stereocenters. The molecule has 1 N–H and O–H groups in total. The minimum atomic E-state index is 0.358. The van der Waals surface area contributed by atoms with E-state index in [-0.39, 0.29) is 0 Å². The van der Waals surface area contributed by atoms with Crippen molar-refractivity contribution in [2.45, 2.75) is 65.1 Å². The maximum absolute atomic E-state index is 3.57. The Bertz CT molecular complexity index is 177. The van der Waals surface area contributed by atoms with Crippen molar-refractivity contribution in [3.05, 3.63) is 0 Å². The van der Waals surface area contributed by atoms with Gasteiger partial charge in [-0.2, -0.15) is 0 Å². The van der Waals surface area contributed by atoms with Crippen LogP contribution in [0.5, 0.6) is 0 Å². The van der Waals surface area contributed by atoms with Crippen LogP contribution in [-0.4, -0.2) is 35.6 Å². The van der Waals surface area contributed by atoms with Crippen molar-refractivity contribution in [3.63, 3.8) is 0 Å². The molecule has 1 aliphatic heterocycles. The van der Waals surface area contributed by atoms with E-state index in [1.165, 1.54) is 19.4 Å². The van der Waals surface area contributed by atoms with Gasteiger partial charge in [-0.3, -0.25) is 4.90 Å². The Morgan fingerprint density at radius 2 is 2.00 bits per heavy atom. The molecular weight excluding hydrogens is 172 g/mol. The lowest BCUT2D eigenvalue weighted by Gasteiger charge is -2.48. The van der Waals surface area contributed by atoms with Crippen LogP contribution in [0.4, 0.5) is 0 Å². The second-order valence-electron chi connectivity index (χ2n) is 5.19. The van der Waals surface area contributed by atoms with Crippen LogP contribution in [-0.2, 0) is 0 Å². The monoisotopic (exact) mass is 198 g/mol. The van der Waals surface area contributed by atoms with E-state index < -0.39 is 0 Å². The van der Waals surface area contributed by atoms with E-state index in [0.29, 0.717) is 11.6 Å². The van der Waals surface area contributed by atoms with Crippen molar-refractivity contribution in [2.24, 2.45) is 0 Å². The van der Waals surface area contributed by atoms with E-state index in [0.717, 1.165) is 12.6 Å². The molecule has 0 amide bonds. The summed E-state index contributed by atoms with van der Waals surface area (Å²) in [6.07, 6.45) is 2.49. The zero-order valence-corrected chi connectivity index (χ0v) is 10.4. The Morgan fingerprint density at radius 3 is 2.50 bits per heavy atom. The third-order valence-corrected chi connectivity index (χ3v) is 3.73. The molecule has 1 heterocycles. The van der Waals surface area contributed by atoms with Gasteiger partial charge in [0.15, 0.2) is 0 Å². The summed E-state index contributed by atoms with van der Waals surface area (Å²) in [7, 11) is 0. The Kier molecular flexibility index (Phi) is 3.96. The lowest BCUT2D eigenvalue weighted by atomic mass is 9.93. The molecule has 1 aliphatic rings. The SMILES string of the molecule is CCC1CNC(C)CN1C(C)(C)CC. The van der Waals surface area contributed by atoms with Gasteiger partial charge in [-0.1, -0.05) is 13.8 Å². The quantitative estimate of drug-likeness (QED) is 0.748. The smallest absolute Gasteiger partial charge is 0.0224 e. The first-order chi connectivity index (χ1) is 6.51. The molecule has 0 aromatic heterocycles. The van der Waals surface area contributed by atoms with Crippen molar-refractivity contribution in [2.75, 3.05) is 13.1 Å². The van der Waals surface area contributed by atoms with Crippen LogP contribution in [0.25, 0.3) is 0 Å². The summed E-state index contributed by atoms with van der Waals surface area (Å²) in [6.45, 7) is 14.0. The number of hydrogen-bond donors (Lipinski definition) is 1. The lowest BCUT2D eigenvalue weighted by molar-refractivity contribution is 0.0293. The van der Waals surface area contributed by atoms with E-state index >= 15 is 0 Å². The highest BCUT2D eigenvalue weighted by Gasteiger charge is 2.33. The second kappa shape index (κ2) is 4.63.